The lowest BCUT2D eigenvalue weighted by Gasteiger charge is -2.26. The maximum Gasteiger partial charge on any atom is 0.251 e. The van der Waals surface area contributed by atoms with E-state index in [2.05, 4.69) is 29.4 Å². The van der Waals surface area contributed by atoms with Gasteiger partial charge in [0.15, 0.2) is 0 Å². The van der Waals surface area contributed by atoms with Crippen molar-refractivity contribution >= 4 is 17.7 Å². The van der Waals surface area contributed by atoms with Gasteiger partial charge in [-0.1, -0.05) is 25.1 Å². The molecule has 0 unspecified atom stereocenters. The van der Waals surface area contributed by atoms with Crippen LogP contribution in [0.5, 0.6) is 0 Å². The van der Waals surface area contributed by atoms with E-state index in [1.807, 2.05) is 49.4 Å². The van der Waals surface area contributed by atoms with E-state index >= 15 is 0 Å². The molecule has 0 spiro atoms. The molecule has 5 heteroatoms. The number of aromatic nitrogens is 1. The third-order valence-corrected chi connectivity index (χ3v) is 6.78. The Morgan fingerprint density at radius 2 is 1.77 bits per heavy atom. The molecule has 1 aromatic heterocycles. The third-order valence-electron chi connectivity index (χ3n) is 5.76. The molecule has 0 bridgehead atoms. The van der Waals surface area contributed by atoms with Crippen molar-refractivity contribution in [3.05, 3.63) is 71.6 Å². The molecule has 3 aromatic rings. The average Bonchev–Trinajstić information content (AvgIpc) is 3.15. The van der Waals surface area contributed by atoms with Gasteiger partial charge in [0.1, 0.15) is 5.76 Å². The van der Waals surface area contributed by atoms with Gasteiger partial charge in [-0.2, -0.15) is 0 Å². The number of oxazole rings is 1. The van der Waals surface area contributed by atoms with Crippen molar-refractivity contribution in [1.29, 1.82) is 0 Å². The SMILES string of the molecule is Cc1oc(-c2ccc(C(=O)NC3CCC(C)CC3)cc2)nc1CSc1ccccc1. The molecule has 0 atom stereocenters. The zero-order valence-electron chi connectivity index (χ0n) is 17.6. The molecular weight excluding hydrogens is 392 g/mol. The molecule has 1 saturated carbocycles. The van der Waals surface area contributed by atoms with E-state index in [0.717, 1.165) is 41.5 Å². The molecule has 2 aromatic carbocycles. The molecule has 30 heavy (non-hydrogen) atoms. The average molecular weight is 421 g/mol. The summed E-state index contributed by atoms with van der Waals surface area (Å²) in [7, 11) is 0. The summed E-state index contributed by atoms with van der Waals surface area (Å²) < 4.78 is 5.90. The van der Waals surface area contributed by atoms with Crippen LogP contribution in [-0.4, -0.2) is 16.9 Å². The summed E-state index contributed by atoms with van der Waals surface area (Å²) in [5, 5.41) is 3.18. The summed E-state index contributed by atoms with van der Waals surface area (Å²) in [5.74, 6) is 2.98. The lowest BCUT2D eigenvalue weighted by atomic mass is 9.87. The number of hydrogen-bond donors (Lipinski definition) is 1. The van der Waals surface area contributed by atoms with E-state index in [0.29, 0.717) is 17.5 Å². The van der Waals surface area contributed by atoms with Gasteiger partial charge in [0.2, 0.25) is 5.89 Å². The topological polar surface area (TPSA) is 55.1 Å². The molecule has 1 heterocycles. The highest BCUT2D eigenvalue weighted by atomic mass is 32.2. The molecule has 1 fully saturated rings. The Morgan fingerprint density at radius 3 is 2.47 bits per heavy atom. The second-order valence-electron chi connectivity index (χ2n) is 8.13. The molecular formula is C25H28N2O2S. The summed E-state index contributed by atoms with van der Waals surface area (Å²) in [5.41, 5.74) is 2.52. The zero-order valence-corrected chi connectivity index (χ0v) is 18.4. The van der Waals surface area contributed by atoms with E-state index in [4.69, 9.17) is 4.42 Å². The van der Waals surface area contributed by atoms with E-state index in [1.165, 1.54) is 17.7 Å². The van der Waals surface area contributed by atoms with Gasteiger partial charge in [-0.3, -0.25) is 4.79 Å². The lowest BCUT2D eigenvalue weighted by Crippen LogP contribution is -2.37. The Balaban J connectivity index is 1.38. The van der Waals surface area contributed by atoms with Crippen LogP contribution in [0.15, 0.2) is 63.9 Å². The van der Waals surface area contributed by atoms with Crippen LogP contribution in [0.25, 0.3) is 11.5 Å². The number of carbonyl (C=O) groups is 1. The fraction of sp³-hybridized carbons (Fsp3) is 0.360. The van der Waals surface area contributed by atoms with Crippen LogP contribution in [0.3, 0.4) is 0 Å². The standard InChI is InChI=1S/C25H28N2O2S/c1-17-8-14-21(15-9-17)26-24(28)19-10-12-20(13-11-19)25-27-23(18(2)29-25)16-30-22-6-4-3-5-7-22/h3-7,10-13,17,21H,8-9,14-16H2,1-2H3,(H,26,28). The summed E-state index contributed by atoms with van der Waals surface area (Å²) in [4.78, 5) is 18.5. The smallest absolute Gasteiger partial charge is 0.251 e. The Labute approximate surface area is 182 Å². The Bertz CT molecular complexity index is 974. The van der Waals surface area contributed by atoms with Crippen molar-refractivity contribution in [1.82, 2.24) is 10.3 Å². The number of nitrogens with zero attached hydrogens (tertiary/aromatic N) is 1. The number of aryl methyl sites for hydroxylation is 1. The van der Waals surface area contributed by atoms with Crippen molar-refractivity contribution in [3.8, 4) is 11.5 Å². The first-order chi connectivity index (χ1) is 14.6. The second-order valence-corrected chi connectivity index (χ2v) is 9.18. The van der Waals surface area contributed by atoms with Gasteiger partial charge in [0.25, 0.3) is 5.91 Å². The van der Waals surface area contributed by atoms with Crippen molar-refractivity contribution in [2.75, 3.05) is 0 Å². The van der Waals surface area contributed by atoms with Gasteiger partial charge in [-0.05, 0) is 74.9 Å². The van der Waals surface area contributed by atoms with E-state index in [9.17, 15) is 4.79 Å². The normalized spacial score (nSPS) is 18.9. The predicted molar refractivity (Wildman–Crippen MR) is 122 cm³/mol. The van der Waals surface area contributed by atoms with Gasteiger partial charge in [0, 0.05) is 27.8 Å². The molecule has 156 valence electrons. The molecule has 1 aliphatic carbocycles. The number of carbonyl (C=O) groups excluding carboxylic acids is 1. The molecule has 1 N–H and O–H groups in total. The molecule has 1 amide bonds. The van der Waals surface area contributed by atoms with Gasteiger partial charge in [-0.25, -0.2) is 4.98 Å². The highest BCUT2D eigenvalue weighted by molar-refractivity contribution is 7.98. The van der Waals surface area contributed by atoms with Crippen molar-refractivity contribution in [3.63, 3.8) is 0 Å². The predicted octanol–water partition coefficient (Wildman–Crippen LogP) is 6.25. The molecule has 1 aliphatic rings. The van der Waals surface area contributed by atoms with Gasteiger partial charge in [0.05, 0.1) is 5.69 Å². The third kappa shape index (κ3) is 5.14. The molecule has 4 nitrogen and oxygen atoms in total. The largest absolute Gasteiger partial charge is 0.441 e. The van der Waals surface area contributed by atoms with Crippen LogP contribution in [0.2, 0.25) is 0 Å². The highest BCUT2D eigenvalue weighted by Crippen LogP contribution is 2.28. The minimum Gasteiger partial charge on any atom is -0.441 e. The minimum atomic E-state index is 0.00429. The molecule has 4 rings (SSSR count). The van der Waals surface area contributed by atoms with Gasteiger partial charge in [-0.15, -0.1) is 11.8 Å². The number of rotatable bonds is 6. The van der Waals surface area contributed by atoms with Crippen molar-refractivity contribution in [2.45, 2.75) is 56.2 Å². The van der Waals surface area contributed by atoms with Gasteiger partial charge >= 0.3 is 0 Å². The Kier molecular flexibility index (Phi) is 6.58. The lowest BCUT2D eigenvalue weighted by molar-refractivity contribution is 0.0923. The fourth-order valence-corrected chi connectivity index (χ4v) is 4.71. The van der Waals surface area contributed by atoms with E-state index in [1.54, 1.807) is 11.8 Å². The number of amides is 1. The number of nitrogens with one attached hydrogen (secondary N) is 1. The summed E-state index contributed by atoms with van der Waals surface area (Å²) in [6, 6.07) is 18.1. The number of thioether (sulfide) groups is 1. The molecule has 0 saturated heterocycles. The second kappa shape index (κ2) is 9.52. The monoisotopic (exact) mass is 420 g/mol. The van der Waals surface area contributed by atoms with Crippen LogP contribution < -0.4 is 5.32 Å². The van der Waals surface area contributed by atoms with Gasteiger partial charge < -0.3 is 9.73 Å². The fourth-order valence-electron chi connectivity index (χ4n) is 3.79. The van der Waals surface area contributed by atoms with Crippen LogP contribution in [0, 0.1) is 12.8 Å². The van der Waals surface area contributed by atoms with Crippen LogP contribution in [0.4, 0.5) is 0 Å². The molecule has 0 radical (unpaired) electrons. The first-order valence-corrected chi connectivity index (χ1v) is 11.6. The molecule has 0 aliphatic heterocycles. The van der Waals surface area contributed by atoms with E-state index in [-0.39, 0.29) is 5.91 Å². The minimum absolute atomic E-state index is 0.00429. The maximum absolute atomic E-state index is 12.6. The first kappa shape index (κ1) is 20.7. The van der Waals surface area contributed by atoms with Crippen LogP contribution in [-0.2, 0) is 5.75 Å². The summed E-state index contributed by atoms with van der Waals surface area (Å²) in [6.07, 6.45) is 4.53. The zero-order chi connectivity index (χ0) is 20.9. The van der Waals surface area contributed by atoms with Crippen molar-refractivity contribution < 1.29 is 9.21 Å². The number of hydrogen-bond acceptors (Lipinski definition) is 4. The Hall–Kier alpha value is -2.53. The van der Waals surface area contributed by atoms with Crippen LogP contribution in [0.1, 0.15) is 54.4 Å². The quantitative estimate of drug-likeness (QED) is 0.479. The highest BCUT2D eigenvalue weighted by Gasteiger charge is 2.20. The summed E-state index contributed by atoms with van der Waals surface area (Å²) in [6.45, 7) is 4.23. The summed E-state index contributed by atoms with van der Waals surface area (Å²) >= 11 is 1.74. The Morgan fingerprint density at radius 1 is 1.07 bits per heavy atom. The van der Waals surface area contributed by atoms with Crippen molar-refractivity contribution in [2.24, 2.45) is 5.92 Å². The first-order valence-electron chi connectivity index (χ1n) is 10.6. The van der Waals surface area contributed by atoms with E-state index < -0.39 is 0 Å². The number of benzene rings is 2. The van der Waals surface area contributed by atoms with Crippen LogP contribution >= 0.6 is 11.8 Å². The maximum atomic E-state index is 12.6.